The molecular weight excluding hydrogens is 246 g/mol. The van der Waals surface area contributed by atoms with Crippen molar-refractivity contribution in [1.29, 1.82) is 0 Å². The lowest BCUT2D eigenvalue weighted by Gasteiger charge is -2.43. The van der Waals surface area contributed by atoms with E-state index in [1.54, 1.807) is 0 Å². The van der Waals surface area contributed by atoms with E-state index in [1.807, 2.05) is 0 Å². The number of aryl methyl sites for hydroxylation is 1. The normalized spacial score (nSPS) is 25.8. The van der Waals surface area contributed by atoms with Crippen LogP contribution in [0.1, 0.15) is 56.1 Å². The Hall–Kier alpha value is -0.860. The van der Waals surface area contributed by atoms with E-state index in [2.05, 4.69) is 36.5 Å². The predicted octanol–water partition coefficient (Wildman–Crippen LogP) is 3.97. The first-order valence-electron chi connectivity index (χ1n) is 8.19. The fourth-order valence-corrected chi connectivity index (χ4v) is 3.71. The second-order valence-electron chi connectivity index (χ2n) is 6.65. The van der Waals surface area contributed by atoms with Gasteiger partial charge < -0.3 is 10.1 Å². The summed E-state index contributed by atoms with van der Waals surface area (Å²) in [6.07, 6.45) is 9.01. The zero-order valence-corrected chi connectivity index (χ0v) is 12.7. The Kier molecular flexibility index (Phi) is 4.42. The molecule has 1 aromatic rings. The van der Waals surface area contributed by atoms with Crippen molar-refractivity contribution in [3.05, 3.63) is 35.4 Å². The van der Waals surface area contributed by atoms with E-state index in [0.717, 1.165) is 19.6 Å². The highest BCUT2D eigenvalue weighted by Gasteiger charge is 2.38. The zero-order chi connectivity index (χ0) is 13.8. The minimum Gasteiger partial charge on any atom is -0.375 e. The highest BCUT2D eigenvalue weighted by molar-refractivity contribution is 5.21. The van der Waals surface area contributed by atoms with Crippen LogP contribution in [0, 0.1) is 6.92 Å². The van der Waals surface area contributed by atoms with Crippen molar-refractivity contribution in [2.24, 2.45) is 0 Å². The van der Waals surface area contributed by atoms with Gasteiger partial charge in [0, 0.05) is 19.2 Å². The quantitative estimate of drug-likeness (QED) is 0.900. The molecular formula is C18H27NO. The lowest BCUT2D eigenvalue weighted by atomic mass is 9.78. The molecule has 1 aliphatic carbocycles. The van der Waals surface area contributed by atoms with Gasteiger partial charge >= 0.3 is 0 Å². The van der Waals surface area contributed by atoms with Crippen LogP contribution in [0.3, 0.4) is 0 Å². The van der Waals surface area contributed by atoms with Crippen molar-refractivity contribution in [3.63, 3.8) is 0 Å². The molecule has 3 rings (SSSR count). The molecule has 1 aliphatic heterocycles. The standard InChI is InChI=1S/C18H27NO/c1-15-5-7-16(8-6-15)14-19-17-9-12-20-18(13-17)10-3-2-4-11-18/h5-8,17,19H,2-4,9-14H2,1H3. The van der Waals surface area contributed by atoms with Crippen molar-refractivity contribution < 1.29 is 4.74 Å². The minimum atomic E-state index is 0.210. The number of benzene rings is 1. The first kappa shape index (κ1) is 14.1. The van der Waals surface area contributed by atoms with Gasteiger partial charge in [0.25, 0.3) is 0 Å². The van der Waals surface area contributed by atoms with Crippen molar-refractivity contribution in [3.8, 4) is 0 Å². The lowest BCUT2D eigenvalue weighted by Crippen LogP contribution is -2.47. The average molecular weight is 273 g/mol. The summed E-state index contributed by atoms with van der Waals surface area (Å²) in [5.41, 5.74) is 2.93. The molecule has 1 N–H and O–H groups in total. The molecule has 0 bridgehead atoms. The van der Waals surface area contributed by atoms with E-state index in [4.69, 9.17) is 4.74 Å². The van der Waals surface area contributed by atoms with E-state index in [0.29, 0.717) is 6.04 Å². The molecule has 1 saturated carbocycles. The fourth-order valence-electron chi connectivity index (χ4n) is 3.71. The molecule has 1 atom stereocenters. The molecule has 110 valence electrons. The monoisotopic (exact) mass is 273 g/mol. The van der Waals surface area contributed by atoms with Crippen molar-refractivity contribution in [2.75, 3.05) is 6.61 Å². The van der Waals surface area contributed by atoms with Crippen molar-refractivity contribution >= 4 is 0 Å². The van der Waals surface area contributed by atoms with Gasteiger partial charge in [-0.1, -0.05) is 49.1 Å². The third-order valence-corrected chi connectivity index (χ3v) is 4.97. The van der Waals surface area contributed by atoms with E-state index in [9.17, 15) is 0 Å². The molecule has 2 aliphatic rings. The Bertz CT molecular complexity index is 414. The summed E-state index contributed by atoms with van der Waals surface area (Å²) in [7, 11) is 0. The Morgan fingerprint density at radius 3 is 2.65 bits per heavy atom. The number of hydrogen-bond donors (Lipinski definition) is 1. The molecule has 2 nitrogen and oxygen atoms in total. The van der Waals surface area contributed by atoms with Crippen LogP contribution in [0.5, 0.6) is 0 Å². The Morgan fingerprint density at radius 2 is 1.90 bits per heavy atom. The van der Waals surface area contributed by atoms with Crippen LogP contribution in [-0.4, -0.2) is 18.2 Å². The molecule has 2 heteroatoms. The summed E-state index contributed by atoms with van der Waals surface area (Å²) < 4.78 is 6.16. The summed E-state index contributed by atoms with van der Waals surface area (Å²) in [6, 6.07) is 9.49. The molecule has 1 unspecified atom stereocenters. The summed E-state index contributed by atoms with van der Waals surface area (Å²) in [5.74, 6) is 0. The van der Waals surface area contributed by atoms with Gasteiger partial charge in [0.15, 0.2) is 0 Å². The maximum atomic E-state index is 6.16. The molecule has 2 fully saturated rings. The van der Waals surface area contributed by atoms with Crippen molar-refractivity contribution in [2.45, 2.75) is 70.1 Å². The molecule has 0 radical (unpaired) electrons. The van der Waals surface area contributed by atoms with Crippen LogP contribution in [0.4, 0.5) is 0 Å². The average Bonchev–Trinajstić information content (AvgIpc) is 2.48. The number of nitrogens with one attached hydrogen (secondary N) is 1. The Balaban J connectivity index is 1.53. The smallest absolute Gasteiger partial charge is 0.0697 e. The van der Waals surface area contributed by atoms with Gasteiger partial charge in [-0.3, -0.25) is 0 Å². The van der Waals surface area contributed by atoms with Gasteiger partial charge in [0.2, 0.25) is 0 Å². The SMILES string of the molecule is Cc1ccc(CNC2CCOC3(CCCCC3)C2)cc1. The Labute approximate surface area is 122 Å². The lowest BCUT2D eigenvalue weighted by molar-refractivity contribution is -0.109. The van der Waals surface area contributed by atoms with Gasteiger partial charge in [-0.05, 0) is 38.2 Å². The highest BCUT2D eigenvalue weighted by atomic mass is 16.5. The van der Waals surface area contributed by atoms with E-state index < -0.39 is 0 Å². The number of ether oxygens (including phenoxy) is 1. The van der Waals surface area contributed by atoms with Gasteiger partial charge in [-0.25, -0.2) is 0 Å². The van der Waals surface area contributed by atoms with Crippen LogP contribution in [0.25, 0.3) is 0 Å². The van der Waals surface area contributed by atoms with E-state index in [-0.39, 0.29) is 5.60 Å². The molecule has 1 saturated heterocycles. The second kappa shape index (κ2) is 6.28. The summed E-state index contributed by atoms with van der Waals surface area (Å²) in [4.78, 5) is 0. The third kappa shape index (κ3) is 3.42. The number of hydrogen-bond acceptors (Lipinski definition) is 2. The summed E-state index contributed by atoms with van der Waals surface area (Å²) >= 11 is 0. The van der Waals surface area contributed by atoms with Gasteiger partial charge in [0.1, 0.15) is 0 Å². The predicted molar refractivity (Wildman–Crippen MR) is 82.8 cm³/mol. The van der Waals surface area contributed by atoms with Crippen LogP contribution in [0.15, 0.2) is 24.3 Å². The first-order chi connectivity index (χ1) is 9.76. The van der Waals surface area contributed by atoms with Crippen LogP contribution in [0.2, 0.25) is 0 Å². The van der Waals surface area contributed by atoms with Gasteiger partial charge in [0.05, 0.1) is 5.60 Å². The third-order valence-electron chi connectivity index (χ3n) is 4.97. The molecule has 0 amide bonds. The molecule has 1 heterocycles. The number of rotatable bonds is 3. The maximum Gasteiger partial charge on any atom is 0.0697 e. The van der Waals surface area contributed by atoms with E-state index >= 15 is 0 Å². The van der Waals surface area contributed by atoms with Crippen molar-refractivity contribution in [1.82, 2.24) is 5.32 Å². The Morgan fingerprint density at radius 1 is 1.15 bits per heavy atom. The highest BCUT2D eigenvalue weighted by Crippen LogP contribution is 2.38. The minimum absolute atomic E-state index is 0.210. The zero-order valence-electron chi connectivity index (χ0n) is 12.7. The second-order valence-corrected chi connectivity index (χ2v) is 6.65. The summed E-state index contributed by atoms with van der Waals surface area (Å²) in [6.45, 7) is 4.06. The van der Waals surface area contributed by atoms with Crippen LogP contribution in [-0.2, 0) is 11.3 Å². The first-order valence-corrected chi connectivity index (χ1v) is 8.19. The summed E-state index contributed by atoms with van der Waals surface area (Å²) in [5, 5.41) is 3.75. The van der Waals surface area contributed by atoms with E-state index in [1.165, 1.54) is 49.7 Å². The molecule has 20 heavy (non-hydrogen) atoms. The fraction of sp³-hybridized carbons (Fsp3) is 0.667. The largest absolute Gasteiger partial charge is 0.375 e. The molecule has 0 aromatic heterocycles. The maximum absolute atomic E-state index is 6.16. The molecule has 1 spiro atoms. The topological polar surface area (TPSA) is 21.3 Å². The van der Waals surface area contributed by atoms with Crippen LogP contribution >= 0.6 is 0 Å². The van der Waals surface area contributed by atoms with Gasteiger partial charge in [-0.15, -0.1) is 0 Å². The molecule has 1 aromatic carbocycles. The van der Waals surface area contributed by atoms with Gasteiger partial charge in [-0.2, -0.15) is 0 Å². The van der Waals surface area contributed by atoms with Crippen LogP contribution < -0.4 is 5.32 Å².